The summed E-state index contributed by atoms with van der Waals surface area (Å²) in [6.07, 6.45) is 0.799. The lowest BCUT2D eigenvalue weighted by molar-refractivity contribution is -0.393. The number of anilines is 1. The van der Waals surface area contributed by atoms with Crippen LogP contribution in [0.5, 0.6) is 0 Å². The molecule has 0 saturated heterocycles. The van der Waals surface area contributed by atoms with Crippen LogP contribution in [0.15, 0.2) is 18.2 Å². The zero-order valence-electron chi connectivity index (χ0n) is 23.0. The van der Waals surface area contributed by atoms with Crippen LogP contribution in [-0.2, 0) is 19.2 Å². The van der Waals surface area contributed by atoms with E-state index in [1.54, 1.807) is 0 Å². The Morgan fingerprint density at radius 3 is 2.19 bits per heavy atom. The van der Waals surface area contributed by atoms with Crippen LogP contribution < -0.4 is 38.1 Å². The summed E-state index contributed by atoms with van der Waals surface area (Å²) in [5, 5.41) is 60.1. The lowest BCUT2D eigenvalue weighted by Gasteiger charge is -2.22. The molecule has 12 N–H and O–H groups in total. The highest BCUT2D eigenvalue weighted by Crippen LogP contribution is 2.28. The number of carboxylic acids is 1. The van der Waals surface area contributed by atoms with Gasteiger partial charge in [0.05, 0.1) is 29.1 Å². The van der Waals surface area contributed by atoms with Crippen LogP contribution in [0.1, 0.15) is 32.1 Å². The molecule has 0 heterocycles. The van der Waals surface area contributed by atoms with Crippen molar-refractivity contribution in [2.45, 2.75) is 50.2 Å². The van der Waals surface area contributed by atoms with Crippen molar-refractivity contribution < 1.29 is 39.2 Å². The molecule has 0 aliphatic rings. The second-order valence-corrected chi connectivity index (χ2v) is 9.15. The summed E-state index contributed by atoms with van der Waals surface area (Å²) in [6, 6.07) is -0.706. The highest BCUT2D eigenvalue weighted by atomic mass is 16.6. The summed E-state index contributed by atoms with van der Waals surface area (Å²) in [4.78, 5) is 69.5. The van der Waals surface area contributed by atoms with E-state index in [4.69, 9.17) is 22.0 Å². The first-order valence-electron chi connectivity index (χ1n) is 13.0. The van der Waals surface area contributed by atoms with Gasteiger partial charge < -0.3 is 48.3 Å². The Morgan fingerprint density at radius 2 is 1.60 bits per heavy atom. The number of guanidine groups is 1. The van der Waals surface area contributed by atoms with Gasteiger partial charge in [-0.2, -0.15) is 0 Å². The normalized spacial score (nSPS) is 12.6. The molecule has 0 aliphatic carbocycles. The fraction of sp³-hybridized carbons (Fsp3) is 0.522. The Balaban J connectivity index is 2.85. The maximum absolute atomic E-state index is 13.0. The minimum Gasteiger partial charge on any atom is -0.480 e. The monoisotopic (exact) mass is 612 g/mol. The first-order valence-corrected chi connectivity index (χ1v) is 13.0. The number of nitro benzene ring substituents is 2. The molecule has 3 amide bonds. The minimum absolute atomic E-state index is 0.00391. The third-order valence-electron chi connectivity index (χ3n) is 5.83. The lowest BCUT2D eigenvalue weighted by Crippen LogP contribution is -2.54. The van der Waals surface area contributed by atoms with Gasteiger partial charge in [0.15, 0.2) is 5.96 Å². The standard InChI is InChI=1S/C23H36N10O10/c24-14(12-34)20(36)29-11-19(35)30-16(21(37)31-17(22(38)39)5-3-9-28-23(25)26)4-1-2-8-27-15-7-6-13(32(40)41)10-18(15)33(42)43/h6-7,10,14,16-17,27,34H,1-5,8-9,11-12,24H2,(H,29,36)(H,30,35)(H,31,37)(H,38,39)(H4,25,26,28)/t14-,16-,17+/m0/s1. The third-order valence-corrected chi connectivity index (χ3v) is 5.83. The summed E-state index contributed by atoms with van der Waals surface area (Å²) in [5.41, 5.74) is 9.65. The molecule has 43 heavy (non-hydrogen) atoms. The van der Waals surface area contributed by atoms with E-state index in [9.17, 15) is 44.5 Å². The fourth-order valence-corrected chi connectivity index (χ4v) is 3.59. The topological polar surface area (TPSA) is 331 Å². The van der Waals surface area contributed by atoms with Gasteiger partial charge in [-0.3, -0.25) is 40.0 Å². The second kappa shape index (κ2) is 18.3. The van der Waals surface area contributed by atoms with Crippen molar-refractivity contribution in [3.63, 3.8) is 0 Å². The number of unbranched alkanes of at least 4 members (excludes halogenated alkanes) is 1. The molecule has 238 valence electrons. The molecular formula is C23H36N10O10. The molecule has 0 fully saturated rings. The number of nitro groups is 2. The number of benzene rings is 1. The Labute approximate surface area is 244 Å². The number of carbonyl (C=O) groups excluding carboxylic acids is 3. The molecule has 20 heteroatoms. The van der Waals surface area contributed by atoms with Crippen molar-refractivity contribution in [2.24, 2.45) is 11.5 Å². The van der Waals surface area contributed by atoms with Crippen LogP contribution in [0.25, 0.3) is 0 Å². The Kier molecular flexibility index (Phi) is 15.3. The summed E-state index contributed by atoms with van der Waals surface area (Å²) < 4.78 is 0. The van der Waals surface area contributed by atoms with Gasteiger partial charge in [-0.15, -0.1) is 0 Å². The number of aliphatic hydroxyl groups excluding tert-OH is 1. The number of nitrogens with one attached hydrogen (secondary N) is 6. The first-order chi connectivity index (χ1) is 20.3. The number of rotatable bonds is 20. The van der Waals surface area contributed by atoms with Gasteiger partial charge in [0, 0.05) is 19.2 Å². The number of aliphatic hydroxyl groups is 1. The number of nitrogens with zero attached hydrogens (tertiary/aromatic N) is 2. The molecule has 0 bridgehead atoms. The SMILES string of the molecule is N=C(N)NCCC[C@@H](NC(=O)[C@H](CCCCNc1ccc([N+](=O)[O-])cc1[N+](=O)[O-])NC(=O)CNC(=O)[C@@H](N)CO)C(=O)O. The number of amides is 3. The number of carbonyl (C=O) groups is 4. The van der Waals surface area contributed by atoms with Crippen molar-refractivity contribution in [1.29, 1.82) is 5.41 Å². The third kappa shape index (κ3) is 13.4. The van der Waals surface area contributed by atoms with Crippen LogP contribution >= 0.6 is 0 Å². The predicted octanol–water partition coefficient (Wildman–Crippen LogP) is -2.16. The highest BCUT2D eigenvalue weighted by molar-refractivity contribution is 5.92. The van der Waals surface area contributed by atoms with Crippen LogP contribution in [0.2, 0.25) is 0 Å². The summed E-state index contributed by atoms with van der Waals surface area (Å²) in [7, 11) is 0. The molecule has 3 atom stereocenters. The first kappa shape index (κ1) is 35.9. The fourth-order valence-electron chi connectivity index (χ4n) is 3.59. The van der Waals surface area contributed by atoms with Crippen molar-refractivity contribution in [3.05, 3.63) is 38.4 Å². The molecule has 0 aromatic heterocycles. The largest absolute Gasteiger partial charge is 0.480 e. The van der Waals surface area contributed by atoms with Gasteiger partial charge in [0.1, 0.15) is 23.8 Å². The quantitative estimate of drug-likeness (QED) is 0.0246. The second-order valence-electron chi connectivity index (χ2n) is 9.15. The van der Waals surface area contributed by atoms with Crippen LogP contribution in [0, 0.1) is 25.6 Å². The zero-order valence-corrected chi connectivity index (χ0v) is 23.0. The van der Waals surface area contributed by atoms with E-state index < -0.39 is 76.2 Å². The van der Waals surface area contributed by atoms with E-state index >= 15 is 0 Å². The summed E-state index contributed by atoms with van der Waals surface area (Å²) in [5.74, 6) is -4.06. The molecule has 0 aliphatic heterocycles. The van der Waals surface area contributed by atoms with Gasteiger partial charge in [0.2, 0.25) is 17.7 Å². The van der Waals surface area contributed by atoms with Crippen molar-refractivity contribution in [2.75, 3.05) is 31.6 Å². The number of nitrogens with two attached hydrogens (primary N) is 2. The average Bonchev–Trinajstić information content (AvgIpc) is 2.95. The van der Waals surface area contributed by atoms with Gasteiger partial charge in [-0.25, -0.2) is 4.79 Å². The van der Waals surface area contributed by atoms with Crippen LogP contribution in [0.3, 0.4) is 0 Å². The Bertz CT molecular complexity index is 1180. The molecule has 0 spiro atoms. The maximum atomic E-state index is 13.0. The number of hydrogen-bond donors (Lipinski definition) is 10. The molecule has 1 aromatic rings. The number of non-ortho nitro benzene ring substituents is 1. The highest BCUT2D eigenvalue weighted by Gasteiger charge is 2.27. The molecule has 1 rings (SSSR count). The molecule has 1 aromatic carbocycles. The Hall–Kier alpha value is -5.11. The van der Waals surface area contributed by atoms with Crippen molar-refractivity contribution in [3.8, 4) is 0 Å². The van der Waals surface area contributed by atoms with Crippen molar-refractivity contribution >= 4 is 46.7 Å². The zero-order chi connectivity index (χ0) is 32.5. The lowest BCUT2D eigenvalue weighted by atomic mass is 10.1. The van der Waals surface area contributed by atoms with E-state index in [1.807, 2.05) is 0 Å². The smallest absolute Gasteiger partial charge is 0.326 e. The molecule has 0 unspecified atom stereocenters. The molecule has 0 radical (unpaired) electrons. The molecule has 0 saturated carbocycles. The number of hydrogen-bond acceptors (Lipinski definition) is 12. The number of carboxylic acid groups (broad SMARTS) is 1. The average molecular weight is 613 g/mol. The van der Waals surface area contributed by atoms with Gasteiger partial charge >= 0.3 is 5.97 Å². The molecule has 20 nitrogen and oxygen atoms in total. The van der Waals surface area contributed by atoms with Crippen molar-refractivity contribution in [1.82, 2.24) is 21.3 Å². The summed E-state index contributed by atoms with van der Waals surface area (Å²) in [6.45, 7) is -0.906. The predicted molar refractivity (Wildman–Crippen MR) is 151 cm³/mol. The van der Waals surface area contributed by atoms with Crippen LogP contribution in [-0.4, -0.2) is 94.1 Å². The van der Waals surface area contributed by atoms with E-state index in [-0.39, 0.29) is 50.4 Å². The van der Waals surface area contributed by atoms with Gasteiger partial charge in [-0.1, -0.05) is 0 Å². The summed E-state index contributed by atoms with van der Waals surface area (Å²) >= 11 is 0. The number of aliphatic carboxylic acids is 1. The Morgan fingerprint density at radius 1 is 0.930 bits per heavy atom. The van der Waals surface area contributed by atoms with Gasteiger partial charge in [0.25, 0.3) is 11.4 Å². The van der Waals surface area contributed by atoms with E-state index in [2.05, 4.69) is 26.6 Å². The maximum Gasteiger partial charge on any atom is 0.326 e. The van der Waals surface area contributed by atoms with Gasteiger partial charge in [-0.05, 0) is 38.2 Å². The molecular weight excluding hydrogens is 576 g/mol. The van der Waals surface area contributed by atoms with E-state index in [1.165, 1.54) is 6.07 Å². The minimum atomic E-state index is -1.33. The van der Waals surface area contributed by atoms with Crippen LogP contribution in [0.4, 0.5) is 17.1 Å². The van der Waals surface area contributed by atoms with E-state index in [0.717, 1.165) is 12.1 Å². The van der Waals surface area contributed by atoms with E-state index in [0.29, 0.717) is 6.42 Å².